The first-order valence-electron chi connectivity index (χ1n) is 4.07. The molecule has 0 bridgehead atoms. The normalized spacial score (nSPS) is 14.5. The number of nitrogens with zero attached hydrogens (tertiary/aromatic N) is 2. The first-order chi connectivity index (χ1) is 5.79. The van der Waals surface area contributed by atoms with Gasteiger partial charge in [-0.15, -0.1) is 12.4 Å². The second kappa shape index (κ2) is 3.79. The van der Waals surface area contributed by atoms with Gasteiger partial charge in [0.1, 0.15) is 11.5 Å². The monoisotopic (exact) mass is 202 g/mol. The van der Waals surface area contributed by atoms with Crippen molar-refractivity contribution in [3.63, 3.8) is 0 Å². The van der Waals surface area contributed by atoms with Gasteiger partial charge in [-0.25, -0.2) is 9.78 Å². The number of hydrogen-bond acceptors (Lipinski definition) is 2. The summed E-state index contributed by atoms with van der Waals surface area (Å²) in [5.41, 5.74) is 0.324. The van der Waals surface area contributed by atoms with Crippen molar-refractivity contribution >= 4 is 18.4 Å². The number of imidazole rings is 1. The molecule has 0 aromatic carbocycles. The molecular formula is C8H11ClN2O2. The maximum atomic E-state index is 10.7. The second-order valence-electron chi connectivity index (χ2n) is 2.97. The molecule has 4 nitrogen and oxygen atoms in total. The minimum atomic E-state index is -0.879. The van der Waals surface area contributed by atoms with E-state index in [1.165, 1.54) is 6.20 Å². The van der Waals surface area contributed by atoms with Crippen LogP contribution in [0.3, 0.4) is 0 Å². The van der Waals surface area contributed by atoms with Crippen LogP contribution in [0.15, 0.2) is 6.20 Å². The Labute approximate surface area is 82.0 Å². The molecule has 0 fully saturated rings. The summed E-state index contributed by atoms with van der Waals surface area (Å²) in [7, 11) is 0. The van der Waals surface area contributed by atoms with Crippen molar-refractivity contribution in [2.75, 3.05) is 0 Å². The van der Waals surface area contributed by atoms with Gasteiger partial charge in [-0.05, 0) is 12.8 Å². The van der Waals surface area contributed by atoms with Crippen LogP contribution in [-0.2, 0) is 13.0 Å². The van der Waals surface area contributed by atoms with E-state index in [1.807, 2.05) is 0 Å². The third-order valence-corrected chi connectivity index (χ3v) is 2.19. The molecule has 0 unspecified atom stereocenters. The maximum absolute atomic E-state index is 10.7. The van der Waals surface area contributed by atoms with E-state index in [0.29, 0.717) is 5.69 Å². The highest BCUT2D eigenvalue weighted by molar-refractivity contribution is 5.85. The Morgan fingerprint density at radius 3 is 3.00 bits per heavy atom. The van der Waals surface area contributed by atoms with E-state index in [1.54, 1.807) is 4.57 Å². The smallest absolute Gasteiger partial charge is 0.354 e. The SMILES string of the molecule is Cl.O=C(O)c1cnc2n1CCCC2. The molecule has 0 saturated carbocycles. The Balaban J connectivity index is 0.000000845. The van der Waals surface area contributed by atoms with Gasteiger partial charge in [0.2, 0.25) is 0 Å². The number of rotatable bonds is 1. The first kappa shape index (κ1) is 10.1. The van der Waals surface area contributed by atoms with Crippen LogP contribution < -0.4 is 0 Å². The van der Waals surface area contributed by atoms with E-state index in [0.717, 1.165) is 31.6 Å². The number of carboxylic acid groups (broad SMARTS) is 1. The van der Waals surface area contributed by atoms with Crippen molar-refractivity contribution in [1.82, 2.24) is 9.55 Å². The maximum Gasteiger partial charge on any atom is 0.354 e. The lowest BCUT2D eigenvalue weighted by molar-refractivity contribution is 0.0684. The Hall–Kier alpha value is -1.03. The fourth-order valence-electron chi connectivity index (χ4n) is 1.59. The van der Waals surface area contributed by atoms with Crippen molar-refractivity contribution in [3.05, 3.63) is 17.7 Å². The Morgan fingerprint density at radius 2 is 2.31 bits per heavy atom. The van der Waals surface area contributed by atoms with Crippen LogP contribution in [0.1, 0.15) is 29.2 Å². The molecule has 72 valence electrons. The molecule has 1 aromatic heterocycles. The molecule has 13 heavy (non-hydrogen) atoms. The highest BCUT2D eigenvalue weighted by Crippen LogP contribution is 2.15. The number of halogens is 1. The van der Waals surface area contributed by atoms with Crippen LogP contribution >= 0.6 is 12.4 Å². The zero-order valence-electron chi connectivity index (χ0n) is 7.06. The molecule has 0 aliphatic carbocycles. The quantitative estimate of drug-likeness (QED) is 0.748. The standard InChI is InChI=1S/C8H10N2O2.ClH/c11-8(12)6-5-9-7-3-1-2-4-10(6)7;/h5H,1-4H2,(H,11,12);1H. The van der Waals surface area contributed by atoms with Crippen LogP contribution in [0.2, 0.25) is 0 Å². The lowest BCUT2D eigenvalue weighted by atomic mass is 10.2. The number of aromatic nitrogens is 2. The number of fused-ring (bicyclic) bond motifs is 1. The van der Waals surface area contributed by atoms with Crippen molar-refractivity contribution < 1.29 is 9.90 Å². The van der Waals surface area contributed by atoms with E-state index < -0.39 is 5.97 Å². The third kappa shape index (κ3) is 1.67. The van der Waals surface area contributed by atoms with Crippen molar-refractivity contribution in [1.29, 1.82) is 0 Å². The molecule has 5 heteroatoms. The summed E-state index contributed by atoms with van der Waals surface area (Å²) < 4.78 is 1.80. The fourth-order valence-corrected chi connectivity index (χ4v) is 1.59. The van der Waals surface area contributed by atoms with E-state index in [2.05, 4.69) is 4.98 Å². The van der Waals surface area contributed by atoms with Crippen LogP contribution in [0.4, 0.5) is 0 Å². The summed E-state index contributed by atoms with van der Waals surface area (Å²) in [6.45, 7) is 0.803. The van der Waals surface area contributed by atoms with Gasteiger partial charge >= 0.3 is 5.97 Å². The van der Waals surface area contributed by atoms with Crippen molar-refractivity contribution in [2.24, 2.45) is 0 Å². The van der Waals surface area contributed by atoms with Crippen molar-refractivity contribution in [3.8, 4) is 0 Å². The molecule has 1 N–H and O–H groups in total. The Morgan fingerprint density at radius 1 is 1.54 bits per heavy atom. The highest BCUT2D eigenvalue weighted by Gasteiger charge is 2.17. The Kier molecular flexibility index (Phi) is 2.93. The molecule has 0 amide bonds. The van der Waals surface area contributed by atoms with E-state index in [4.69, 9.17) is 5.11 Å². The van der Waals surface area contributed by atoms with Gasteiger partial charge in [0.25, 0.3) is 0 Å². The molecule has 0 atom stereocenters. The molecule has 2 heterocycles. The number of aromatic carboxylic acids is 1. The van der Waals surface area contributed by atoms with Crippen LogP contribution in [0, 0.1) is 0 Å². The summed E-state index contributed by atoms with van der Waals surface area (Å²) in [4.78, 5) is 14.7. The lowest BCUT2D eigenvalue weighted by Crippen LogP contribution is -2.15. The van der Waals surface area contributed by atoms with E-state index in [9.17, 15) is 4.79 Å². The number of carboxylic acids is 1. The average molecular weight is 203 g/mol. The van der Waals surface area contributed by atoms with Crippen molar-refractivity contribution in [2.45, 2.75) is 25.8 Å². The van der Waals surface area contributed by atoms with Crippen LogP contribution in [0.5, 0.6) is 0 Å². The zero-order valence-corrected chi connectivity index (χ0v) is 7.88. The summed E-state index contributed by atoms with van der Waals surface area (Å²) in [5, 5.41) is 8.77. The molecule has 1 aliphatic heterocycles. The largest absolute Gasteiger partial charge is 0.477 e. The first-order valence-corrected chi connectivity index (χ1v) is 4.07. The number of aryl methyl sites for hydroxylation is 1. The van der Waals surface area contributed by atoms with Gasteiger partial charge in [-0.2, -0.15) is 0 Å². The lowest BCUT2D eigenvalue weighted by Gasteiger charge is -2.14. The minimum Gasteiger partial charge on any atom is -0.477 e. The predicted molar refractivity (Wildman–Crippen MR) is 49.4 cm³/mol. The Bertz CT molecular complexity index is 322. The van der Waals surface area contributed by atoms with Crippen LogP contribution in [-0.4, -0.2) is 20.6 Å². The highest BCUT2D eigenvalue weighted by atomic mass is 35.5. The van der Waals surface area contributed by atoms with Gasteiger partial charge in [0.05, 0.1) is 6.20 Å². The van der Waals surface area contributed by atoms with Gasteiger partial charge in [-0.3, -0.25) is 0 Å². The van der Waals surface area contributed by atoms with Gasteiger partial charge in [0.15, 0.2) is 0 Å². The average Bonchev–Trinajstić information content (AvgIpc) is 2.47. The molecule has 0 radical (unpaired) electrons. The molecule has 0 spiro atoms. The molecule has 1 aliphatic rings. The molecule has 2 rings (SSSR count). The van der Waals surface area contributed by atoms with Gasteiger partial charge in [-0.1, -0.05) is 0 Å². The summed E-state index contributed by atoms with van der Waals surface area (Å²) in [6, 6.07) is 0. The number of carbonyl (C=O) groups is 1. The summed E-state index contributed by atoms with van der Waals surface area (Å²) >= 11 is 0. The minimum absolute atomic E-state index is 0. The third-order valence-electron chi connectivity index (χ3n) is 2.19. The topological polar surface area (TPSA) is 55.1 Å². The van der Waals surface area contributed by atoms with Gasteiger partial charge < -0.3 is 9.67 Å². The predicted octanol–water partition coefficient (Wildman–Crippen LogP) is 1.34. The zero-order chi connectivity index (χ0) is 8.55. The molecule has 1 aromatic rings. The number of hydrogen-bond donors (Lipinski definition) is 1. The van der Waals surface area contributed by atoms with E-state index >= 15 is 0 Å². The summed E-state index contributed by atoms with van der Waals surface area (Å²) in [5.74, 6) is 0.0364. The van der Waals surface area contributed by atoms with Crippen LogP contribution in [0.25, 0.3) is 0 Å². The fraction of sp³-hybridized carbons (Fsp3) is 0.500. The van der Waals surface area contributed by atoms with Gasteiger partial charge in [0, 0.05) is 13.0 Å². The second-order valence-corrected chi connectivity index (χ2v) is 2.97. The summed E-state index contributed by atoms with van der Waals surface area (Å²) in [6.07, 6.45) is 4.54. The molecule has 0 saturated heterocycles. The molecular weight excluding hydrogens is 192 g/mol. The van der Waals surface area contributed by atoms with E-state index in [-0.39, 0.29) is 12.4 Å².